The number of ether oxygens (including phenoxy) is 1. The van der Waals surface area contributed by atoms with E-state index in [0.717, 1.165) is 57.9 Å². The van der Waals surface area contributed by atoms with Crippen LogP contribution in [0.15, 0.2) is 24.3 Å². The molecular weight excluding hydrogens is 306 g/mol. The van der Waals surface area contributed by atoms with Crippen molar-refractivity contribution in [3.05, 3.63) is 29.8 Å². The molecule has 1 aromatic carbocycles. The number of piperidine rings is 1. The van der Waals surface area contributed by atoms with Gasteiger partial charge < -0.3 is 15.0 Å². The molecule has 0 bridgehead atoms. The van der Waals surface area contributed by atoms with Gasteiger partial charge in [0.05, 0.1) is 13.2 Å². The molecule has 2 aliphatic rings. The number of rotatable bonds is 5. The number of carbonyl (C=O) groups excluding carboxylic acids is 2. The van der Waals surface area contributed by atoms with Crippen LogP contribution in [0.5, 0.6) is 0 Å². The summed E-state index contributed by atoms with van der Waals surface area (Å²) in [5.41, 5.74) is 1.51. The molecule has 0 spiro atoms. The highest BCUT2D eigenvalue weighted by atomic mass is 16.5. The normalized spacial score (nSPS) is 19.3. The molecule has 2 heterocycles. The first-order valence-electron chi connectivity index (χ1n) is 8.73. The molecule has 0 unspecified atom stereocenters. The van der Waals surface area contributed by atoms with E-state index in [1.54, 1.807) is 12.1 Å². The third kappa shape index (κ3) is 4.33. The van der Waals surface area contributed by atoms with Crippen molar-refractivity contribution in [3.63, 3.8) is 0 Å². The number of hydrogen-bond donors (Lipinski definition) is 1. The van der Waals surface area contributed by atoms with Gasteiger partial charge in [-0.25, -0.2) is 0 Å². The number of anilines is 1. The Labute approximate surface area is 142 Å². The highest BCUT2D eigenvalue weighted by molar-refractivity contribution is 5.96. The Hall–Kier alpha value is -1.92. The quantitative estimate of drug-likeness (QED) is 0.882. The molecule has 0 aliphatic carbocycles. The molecule has 0 aromatic heterocycles. The molecule has 0 radical (unpaired) electrons. The zero-order valence-electron chi connectivity index (χ0n) is 14.0. The first kappa shape index (κ1) is 16.9. The van der Waals surface area contributed by atoms with E-state index in [1.165, 1.54) is 0 Å². The molecular formula is C18H25N3O3. The zero-order valence-corrected chi connectivity index (χ0v) is 14.0. The topological polar surface area (TPSA) is 61.9 Å². The fourth-order valence-corrected chi connectivity index (χ4v) is 3.13. The summed E-state index contributed by atoms with van der Waals surface area (Å²) in [6, 6.07) is 7.31. The average Bonchev–Trinajstić information content (AvgIpc) is 2.63. The van der Waals surface area contributed by atoms with Crippen molar-refractivity contribution in [1.29, 1.82) is 0 Å². The van der Waals surface area contributed by atoms with Crippen molar-refractivity contribution in [2.24, 2.45) is 0 Å². The third-order valence-corrected chi connectivity index (χ3v) is 4.58. The Morgan fingerprint density at radius 2 is 1.83 bits per heavy atom. The molecule has 24 heavy (non-hydrogen) atoms. The van der Waals surface area contributed by atoms with Crippen molar-refractivity contribution in [2.45, 2.75) is 19.3 Å². The van der Waals surface area contributed by atoms with Gasteiger partial charge in [0.1, 0.15) is 0 Å². The van der Waals surface area contributed by atoms with E-state index in [4.69, 9.17) is 4.74 Å². The second kappa shape index (κ2) is 8.26. The first-order valence-corrected chi connectivity index (χ1v) is 8.73. The molecule has 6 heteroatoms. The Bertz CT molecular complexity index is 567. The minimum atomic E-state index is -0.0696. The summed E-state index contributed by atoms with van der Waals surface area (Å²) in [7, 11) is 0. The van der Waals surface area contributed by atoms with Crippen molar-refractivity contribution in [2.75, 3.05) is 50.8 Å². The Balaban J connectivity index is 1.49. The summed E-state index contributed by atoms with van der Waals surface area (Å²) in [5, 5.41) is 2.95. The predicted molar refractivity (Wildman–Crippen MR) is 92.2 cm³/mol. The zero-order chi connectivity index (χ0) is 16.8. The van der Waals surface area contributed by atoms with Gasteiger partial charge in [-0.05, 0) is 37.1 Å². The van der Waals surface area contributed by atoms with Gasteiger partial charge in [0, 0.05) is 50.4 Å². The third-order valence-electron chi connectivity index (χ3n) is 4.58. The molecule has 1 N–H and O–H groups in total. The van der Waals surface area contributed by atoms with Crippen LogP contribution in [0.4, 0.5) is 5.69 Å². The van der Waals surface area contributed by atoms with Crippen molar-refractivity contribution in [3.8, 4) is 0 Å². The Kier molecular flexibility index (Phi) is 5.82. The summed E-state index contributed by atoms with van der Waals surface area (Å²) in [5.74, 6) is 0.101. The lowest BCUT2D eigenvalue weighted by molar-refractivity contribution is -0.119. The van der Waals surface area contributed by atoms with Gasteiger partial charge in [-0.3, -0.25) is 14.5 Å². The second-order valence-electron chi connectivity index (χ2n) is 6.26. The SMILES string of the molecule is O=C(NCCN1CCOCC1)c1ccc(N2CCCCC2=O)cc1. The maximum atomic E-state index is 12.2. The number of benzene rings is 1. The van der Waals surface area contributed by atoms with Crippen LogP contribution >= 0.6 is 0 Å². The summed E-state index contributed by atoms with van der Waals surface area (Å²) < 4.78 is 5.31. The van der Waals surface area contributed by atoms with E-state index in [9.17, 15) is 9.59 Å². The summed E-state index contributed by atoms with van der Waals surface area (Å²) >= 11 is 0. The molecule has 1 aromatic rings. The van der Waals surface area contributed by atoms with Gasteiger partial charge in [0.2, 0.25) is 5.91 Å². The lowest BCUT2D eigenvalue weighted by Gasteiger charge is -2.27. The van der Waals surface area contributed by atoms with E-state index in [2.05, 4.69) is 10.2 Å². The minimum Gasteiger partial charge on any atom is -0.379 e. The standard InChI is InChI=1S/C18H25N3O3/c22-17-3-1-2-9-21(17)16-6-4-15(5-7-16)18(23)19-8-10-20-11-13-24-14-12-20/h4-7H,1-3,8-14H2,(H,19,23). The molecule has 2 aliphatic heterocycles. The van der Waals surface area contributed by atoms with Crippen molar-refractivity contribution >= 4 is 17.5 Å². The van der Waals surface area contributed by atoms with Crippen LogP contribution in [0.25, 0.3) is 0 Å². The highest BCUT2D eigenvalue weighted by Gasteiger charge is 2.19. The summed E-state index contributed by atoms with van der Waals surface area (Å²) in [6.45, 7) is 5.63. The molecule has 2 amide bonds. The largest absolute Gasteiger partial charge is 0.379 e. The Morgan fingerprint density at radius 3 is 2.54 bits per heavy atom. The van der Waals surface area contributed by atoms with Crippen LogP contribution in [0.3, 0.4) is 0 Å². The van der Waals surface area contributed by atoms with Gasteiger partial charge >= 0.3 is 0 Å². The van der Waals surface area contributed by atoms with E-state index < -0.39 is 0 Å². The Morgan fingerprint density at radius 1 is 1.08 bits per heavy atom. The number of hydrogen-bond acceptors (Lipinski definition) is 4. The van der Waals surface area contributed by atoms with Crippen LogP contribution in [-0.2, 0) is 9.53 Å². The molecule has 130 valence electrons. The fraction of sp³-hybridized carbons (Fsp3) is 0.556. The van der Waals surface area contributed by atoms with Gasteiger partial charge in [-0.2, -0.15) is 0 Å². The lowest BCUT2D eigenvalue weighted by Crippen LogP contribution is -2.41. The molecule has 6 nitrogen and oxygen atoms in total. The number of nitrogens with zero attached hydrogens (tertiary/aromatic N) is 2. The van der Waals surface area contributed by atoms with Crippen LogP contribution in [0, 0.1) is 0 Å². The molecule has 2 fully saturated rings. The van der Waals surface area contributed by atoms with Crippen LogP contribution in [0.2, 0.25) is 0 Å². The lowest BCUT2D eigenvalue weighted by atomic mass is 10.1. The summed E-state index contributed by atoms with van der Waals surface area (Å²) in [4.78, 5) is 28.2. The molecule has 0 atom stereocenters. The van der Waals surface area contributed by atoms with Crippen LogP contribution in [0.1, 0.15) is 29.6 Å². The predicted octanol–water partition coefficient (Wildman–Crippen LogP) is 1.27. The minimum absolute atomic E-state index is 0.0696. The first-order chi connectivity index (χ1) is 11.7. The maximum absolute atomic E-state index is 12.2. The summed E-state index contributed by atoms with van der Waals surface area (Å²) in [6.07, 6.45) is 2.62. The van der Waals surface area contributed by atoms with E-state index in [-0.39, 0.29) is 11.8 Å². The van der Waals surface area contributed by atoms with E-state index in [0.29, 0.717) is 18.5 Å². The van der Waals surface area contributed by atoms with Crippen LogP contribution in [-0.4, -0.2) is 62.7 Å². The molecule has 2 saturated heterocycles. The average molecular weight is 331 g/mol. The van der Waals surface area contributed by atoms with Gasteiger partial charge in [0.25, 0.3) is 5.91 Å². The smallest absolute Gasteiger partial charge is 0.251 e. The van der Waals surface area contributed by atoms with Gasteiger partial charge in [-0.1, -0.05) is 0 Å². The van der Waals surface area contributed by atoms with Crippen molar-refractivity contribution < 1.29 is 14.3 Å². The van der Waals surface area contributed by atoms with Crippen LogP contribution < -0.4 is 10.2 Å². The number of carbonyl (C=O) groups is 2. The monoisotopic (exact) mass is 331 g/mol. The molecule has 3 rings (SSSR count). The van der Waals surface area contributed by atoms with E-state index >= 15 is 0 Å². The highest BCUT2D eigenvalue weighted by Crippen LogP contribution is 2.21. The van der Waals surface area contributed by atoms with Gasteiger partial charge in [0.15, 0.2) is 0 Å². The fourth-order valence-electron chi connectivity index (χ4n) is 3.13. The number of amides is 2. The molecule has 0 saturated carbocycles. The number of nitrogens with one attached hydrogen (secondary N) is 1. The van der Waals surface area contributed by atoms with Crippen molar-refractivity contribution in [1.82, 2.24) is 10.2 Å². The number of morpholine rings is 1. The van der Waals surface area contributed by atoms with Gasteiger partial charge in [-0.15, -0.1) is 0 Å². The second-order valence-corrected chi connectivity index (χ2v) is 6.26. The maximum Gasteiger partial charge on any atom is 0.251 e. The van der Waals surface area contributed by atoms with E-state index in [1.807, 2.05) is 17.0 Å².